The molecule has 0 radical (unpaired) electrons. The van der Waals surface area contributed by atoms with Crippen LogP contribution in [0.4, 0.5) is 0 Å². The van der Waals surface area contributed by atoms with Gasteiger partial charge in [-0.1, -0.05) is 19.1 Å². The summed E-state index contributed by atoms with van der Waals surface area (Å²) in [6.07, 6.45) is 1.28. The highest BCUT2D eigenvalue weighted by atomic mass is 16.1. The first kappa shape index (κ1) is 12.1. The van der Waals surface area contributed by atoms with Gasteiger partial charge in [-0.3, -0.25) is 4.79 Å². The fourth-order valence-corrected chi connectivity index (χ4v) is 0.933. The van der Waals surface area contributed by atoms with E-state index in [-0.39, 0.29) is 17.5 Å². The maximum Gasteiger partial charge on any atom is 0.133 e. The summed E-state index contributed by atoms with van der Waals surface area (Å²) < 4.78 is 0. The van der Waals surface area contributed by atoms with Gasteiger partial charge in [0, 0.05) is 19.3 Å². The Kier molecular flexibility index (Phi) is 5.28. The molecule has 0 aliphatic heterocycles. The van der Waals surface area contributed by atoms with Crippen molar-refractivity contribution < 1.29 is 9.59 Å². The summed E-state index contributed by atoms with van der Waals surface area (Å²) in [6, 6.07) is 0. The molecule has 0 heterocycles. The van der Waals surface area contributed by atoms with Crippen LogP contribution < -0.4 is 0 Å². The molecule has 0 aromatic heterocycles. The molecule has 0 aromatic rings. The summed E-state index contributed by atoms with van der Waals surface area (Å²) in [4.78, 5) is 21.9. The molecule has 0 amide bonds. The number of carbonyl (C=O) groups is 2. The van der Waals surface area contributed by atoms with E-state index in [1.54, 1.807) is 0 Å². The third-order valence-electron chi connectivity index (χ3n) is 2.13. The van der Waals surface area contributed by atoms with Gasteiger partial charge in [0.1, 0.15) is 11.6 Å². The van der Waals surface area contributed by atoms with Gasteiger partial charge in [0.25, 0.3) is 0 Å². The van der Waals surface area contributed by atoms with E-state index in [4.69, 9.17) is 0 Å². The molecule has 0 saturated heterocycles. The van der Waals surface area contributed by atoms with E-state index < -0.39 is 0 Å². The predicted octanol–water partition coefficient (Wildman–Crippen LogP) is 2.53. The van der Waals surface area contributed by atoms with Crippen LogP contribution in [-0.4, -0.2) is 11.6 Å². The number of allylic oxidation sites excluding steroid dienone is 1. The van der Waals surface area contributed by atoms with Crippen molar-refractivity contribution in [3.05, 3.63) is 12.2 Å². The van der Waals surface area contributed by atoms with Crippen LogP contribution in [0.3, 0.4) is 0 Å². The van der Waals surface area contributed by atoms with Gasteiger partial charge in [0.15, 0.2) is 0 Å². The van der Waals surface area contributed by atoms with Crippen molar-refractivity contribution in [3.8, 4) is 0 Å². The molecular formula is C11H18O2. The number of carbonyl (C=O) groups excluding carboxylic acids is 2. The molecule has 2 nitrogen and oxygen atoms in total. The fourth-order valence-electron chi connectivity index (χ4n) is 0.933. The minimum absolute atomic E-state index is 0.0799. The third-order valence-corrected chi connectivity index (χ3v) is 2.13. The van der Waals surface area contributed by atoms with Crippen molar-refractivity contribution in [1.29, 1.82) is 0 Å². The van der Waals surface area contributed by atoms with E-state index in [1.165, 1.54) is 6.92 Å². The number of ketones is 2. The lowest BCUT2D eigenvalue weighted by Crippen LogP contribution is -2.07. The Balaban J connectivity index is 3.74. The zero-order valence-electron chi connectivity index (χ0n) is 8.72. The van der Waals surface area contributed by atoms with Gasteiger partial charge < -0.3 is 4.79 Å². The van der Waals surface area contributed by atoms with Gasteiger partial charge in [-0.25, -0.2) is 0 Å². The molecule has 13 heavy (non-hydrogen) atoms. The molecule has 0 spiro atoms. The summed E-state index contributed by atoms with van der Waals surface area (Å²) in [6.45, 7) is 9.19. The van der Waals surface area contributed by atoms with Gasteiger partial charge in [0.05, 0.1) is 0 Å². The van der Waals surface area contributed by atoms with Gasteiger partial charge in [-0.05, 0) is 19.8 Å². The fraction of sp³-hybridized carbons (Fsp3) is 0.636. The van der Waals surface area contributed by atoms with Crippen LogP contribution in [-0.2, 0) is 9.59 Å². The normalized spacial score (nSPS) is 12.2. The first-order valence-corrected chi connectivity index (χ1v) is 4.60. The quantitative estimate of drug-likeness (QED) is 0.591. The van der Waals surface area contributed by atoms with Crippen molar-refractivity contribution in [1.82, 2.24) is 0 Å². The van der Waals surface area contributed by atoms with Crippen LogP contribution in [0.15, 0.2) is 12.2 Å². The molecule has 0 rings (SSSR count). The first-order valence-electron chi connectivity index (χ1n) is 4.60. The summed E-state index contributed by atoms with van der Waals surface area (Å²) in [5.41, 5.74) is 1.02. The second-order valence-electron chi connectivity index (χ2n) is 3.69. The molecule has 0 fully saturated rings. The minimum atomic E-state index is 0.0799. The topological polar surface area (TPSA) is 34.1 Å². The van der Waals surface area contributed by atoms with E-state index in [0.717, 1.165) is 5.57 Å². The van der Waals surface area contributed by atoms with Gasteiger partial charge in [-0.15, -0.1) is 0 Å². The molecule has 0 aliphatic carbocycles. The molecule has 74 valence electrons. The summed E-state index contributed by atoms with van der Waals surface area (Å²) in [7, 11) is 0. The molecule has 0 N–H and O–H groups in total. The van der Waals surface area contributed by atoms with Crippen molar-refractivity contribution in [2.75, 3.05) is 0 Å². The van der Waals surface area contributed by atoms with Gasteiger partial charge in [-0.2, -0.15) is 0 Å². The highest BCUT2D eigenvalue weighted by Gasteiger charge is 2.09. The molecule has 0 aromatic carbocycles. The van der Waals surface area contributed by atoms with Crippen LogP contribution in [0.25, 0.3) is 0 Å². The molecule has 2 heteroatoms. The Labute approximate surface area is 80.0 Å². The molecule has 0 saturated carbocycles. The zero-order valence-corrected chi connectivity index (χ0v) is 8.72. The van der Waals surface area contributed by atoms with E-state index in [1.807, 2.05) is 13.8 Å². The molecule has 0 aliphatic rings. The number of rotatable bonds is 6. The van der Waals surface area contributed by atoms with Crippen LogP contribution in [0, 0.1) is 5.92 Å². The molecule has 0 bridgehead atoms. The van der Waals surface area contributed by atoms with Crippen molar-refractivity contribution in [3.63, 3.8) is 0 Å². The summed E-state index contributed by atoms with van der Waals surface area (Å²) >= 11 is 0. The van der Waals surface area contributed by atoms with E-state index in [2.05, 4.69) is 6.58 Å². The Hall–Kier alpha value is -0.920. The number of hydrogen-bond donors (Lipinski definition) is 0. The number of Topliss-reactive ketones (excluding diaryl/α,β-unsaturated/α-hetero) is 2. The van der Waals surface area contributed by atoms with Crippen LogP contribution >= 0.6 is 0 Å². The Morgan fingerprint density at radius 2 is 1.77 bits per heavy atom. The van der Waals surface area contributed by atoms with Crippen molar-refractivity contribution in [2.45, 2.75) is 40.0 Å². The predicted molar refractivity (Wildman–Crippen MR) is 53.5 cm³/mol. The standard InChI is InChI=1S/C11H18O2/c1-8(2)9(3)7-11(13)6-5-10(4)12/h9H,1,5-7H2,2-4H3/t9-/m1/s1. The Bertz CT molecular complexity index is 216. The van der Waals surface area contributed by atoms with Gasteiger partial charge in [0.2, 0.25) is 0 Å². The summed E-state index contributed by atoms with van der Waals surface area (Å²) in [5.74, 6) is 0.474. The molecule has 1 atom stereocenters. The third kappa shape index (κ3) is 6.26. The van der Waals surface area contributed by atoms with Crippen molar-refractivity contribution >= 4 is 11.6 Å². The second kappa shape index (κ2) is 5.68. The highest BCUT2D eigenvalue weighted by Crippen LogP contribution is 2.13. The van der Waals surface area contributed by atoms with Crippen LogP contribution in [0.5, 0.6) is 0 Å². The largest absolute Gasteiger partial charge is 0.300 e. The van der Waals surface area contributed by atoms with Gasteiger partial charge >= 0.3 is 0 Å². The maximum atomic E-state index is 11.3. The van der Waals surface area contributed by atoms with Crippen LogP contribution in [0.2, 0.25) is 0 Å². The molecular weight excluding hydrogens is 164 g/mol. The lowest BCUT2D eigenvalue weighted by molar-refractivity contribution is -0.123. The Morgan fingerprint density at radius 3 is 2.15 bits per heavy atom. The smallest absolute Gasteiger partial charge is 0.133 e. The SMILES string of the molecule is C=C(C)[C@H](C)CC(=O)CCC(C)=O. The monoisotopic (exact) mass is 182 g/mol. The Morgan fingerprint density at radius 1 is 1.23 bits per heavy atom. The average Bonchev–Trinajstić information content (AvgIpc) is 2.00. The highest BCUT2D eigenvalue weighted by molar-refractivity contribution is 5.85. The van der Waals surface area contributed by atoms with Crippen molar-refractivity contribution in [2.24, 2.45) is 5.92 Å². The van der Waals surface area contributed by atoms with Crippen LogP contribution in [0.1, 0.15) is 40.0 Å². The number of hydrogen-bond acceptors (Lipinski definition) is 2. The average molecular weight is 182 g/mol. The lowest BCUT2D eigenvalue weighted by atomic mass is 9.96. The van der Waals surface area contributed by atoms with E-state index in [0.29, 0.717) is 19.3 Å². The minimum Gasteiger partial charge on any atom is -0.300 e. The van der Waals surface area contributed by atoms with E-state index >= 15 is 0 Å². The first-order chi connectivity index (χ1) is 5.93. The molecule has 0 unspecified atom stereocenters. The van der Waals surface area contributed by atoms with E-state index in [9.17, 15) is 9.59 Å². The maximum absolute atomic E-state index is 11.3. The second-order valence-corrected chi connectivity index (χ2v) is 3.69. The zero-order chi connectivity index (χ0) is 10.4. The lowest BCUT2D eigenvalue weighted by Gasteiger charge is -2.08. The summed E-state index contributed by atoms with van der Waals surface area (Å²) in [5, 5.41) is 0.